The molecule has 1 N–H and O–H groups in total. The quantitative estimate of drug-likeness (QED) is 0.891. The number of para-hydroxylation sites is 1. The van der Waals surface area contributed by atoms with Crippen LogP contribution in [0.15, 0.2) is 28.8 Å². The van der Waals surface area contributed by atoms with Gasteiger partial charge in [-0.2, -0.15) is 4.98 Å². The summed E-state index contributed by atoms with van der Waals surface area (Å²) >= 11 is 0. The number of hydrogen-bond donors (Lipinski definition) is 1. The van der Waals surface area contributed by atoms with E-state index in [2.05, 4.69) is 51.5 Å². The predicted octanol–water partition coefficient (Wildman–Crippen LogP) is 2.33. The van der Waals surface area contributed by atoms with E-state index in [-0.39, 0.29) is 6.03 Å². The Morgan fingerprint density at radius 2 is 2.00 bits per heavy atom. The van der Waals surface area contributed by atoms with Crippen LogP contribution in [0.3, 0.4) is 0 Å². The summed E-state index contributed by atoms with van der Waals surface area (Å²) in [6.07, 6.45) is 2.89. The summed E-state index contributed by atoms with van der Waals surface area (Å²) in [5.74, 6) is 1.89. The van der Waals surface area contributed by atoms with Gasteiger partial charge in [0, 0.05) is 50.7 Å². The van der Waals surface area contributed by atoms with Gasteiger partial charge in [0.05, 0.1) is 0 Å². The van der Waals surface area contributed by atoms with Crippen molar-refractivity contribution in [3.63, 3.8) is 0 Å². The number of amides is 2. The number of carbonyl (C=O) groups excluding carboxylic acids is 1. The summed E-state index contributed by atoms with van der Waals surface area (Å²) in [6, 6.07) is 8.38. The first-order chi connectivity index (χ1) is 12.7. The molecule has 7 heteroatoms. The van der Waals surface area contributed by atoms with E-state index >= 15 is 0 Å². The third-order valence-electron chi connectivity index (χ3n) is 5.06. The third kappa shape index (κ3) is 3.81. The van der Waals surface area contributed by atoms with E-state index < -0.39 is 0 Å². The lowest BCUT2D eigenvalue weighted by Gasteiger charge is -2.36. The number of piperazine rings is 1. The van der Waals surface area contributed by atoms with Crippen molar-refractivity contribution in [1.29, 1.82) is 0 Å². The van der Waals surface area contributed by atoms with E-state index in [1.165, 1.54) is 11.3 Å². The van der Waals surface area contributed by atoms with Crippen LogP contribution >= 0.6 is 0 Å². The molecule has 2 fully saturated rings. The summed E-state index contributed by atoms with van der Waals surface area (Å²) in [4.78, 5) is 21.0. The number of hydrogen-bond acceptors (Lipinski definition) is 5. The molecule has 1 aliphatic heterocycles. The standard InChI is InChI=1S/C19H25N5O2/c1-14-4-2-3-5-16(14)23-10-12-24(13-11-23)19(25)20-9-8-17-21-18(26-22-17)15-6-7-15/h2-5,15H,6-13H2,1H3,(H,20,25). The van der Waals surface area contributed by atoms with Crippen LogP contribution in [0.25, 0.3) is 0 Å². The van der Waals surface area contributed by atoms with Crippen molar-refractivity contribution >= 4 is 11.7 Å². The number of carbonyl (C=O) groups is 1. The maximum absolute atomic E-state index is 12.4. The van der Waals surface area contributed by atoms with Gasteiger partial charge in [-0.1, -0.05) is 23.4 Å². The Kier molecular flexibility index (Phi) is 4.77. The molecule has 0 atom stereocenters. The molecule has 0 radical (unpaired) electrons. The largest absolute Gasteiger partial charge is 0.368 e. The number of rotatable bonds is 5. The summed E-state index contributed by atoms with van der Waals surface area (Å²) in [5.41, 5.74) is 2.53. The summed E-state index contributed by atoms with van der Waals surface area (Å²) in [5, 5.41) is 6.95. The van der Waals surface area contributed by atoms with Gasteiger partial charge in [0.25, 0.3) is 0 Å². The van der Waals surface area contributed by atoms with Gasteiger partial charge in [-0.3, -0.25) is 0 Å². The average Bonchev–Trinajstić information content (AvgIpc) is 3.41. The Morgan fingerprint density at radius 3 is 2.73 bits per heavy atom. The highest BCUT2D eigenvalue weighted by molar-refractivity contribution is 5.74. The van der Waals surface area contributed by atoms with Crippen molar-refractivity contribution in [3.05, 3.63) is 41.5 Å². The number of nitrogens with one attached hydrogen (secondary N) is 1. The fraction of sp³-hybridized carbons (Fsp3) is 0.526. The second-order valence-electron chi connectivity index (χ2n) is 7.07. The monoisotopic (exact) mass is 355 g/mol. The minimum atomic E-state index is -0.0136. The second kappa shape index (κ2) is 7.35. The van der Waals surface area contributed by atoms with Crippen LogP contribution in [0, 0.1) is 6.92 Å². The van der Waals surface area contributed by atoms with E-state index in [9.17, 15) is 4.79 Å². The zero-order valence-corrected chi connectivity index (χ0v) is 15.1. The lowest BCUT2D eigenvalue weighted by molar-refractivity contribution is 0.194. The Hall–Kier alpha value is -2.57. The van der Waals surface area contributed by atoms with E-state index in [0.717, 1.165) is 44.9 Å². The maximum Gasteiger partial charge on any atom is 0.317 e. The van der Waals surface area contributed by atoms with Gasteiger partial charge in [-0.25, -0.2) is 4.79 Å². The molecule has 138 valence electrons. The van der Waals surface area contributed by atoms with Crippen molar-refractivity contribution in [2.75, 3.05) is 37.6 Å². The van der Waals surface area contributed by atoms with E-state index in [4.69, 9.17) is 4.52 Å². The summed E-state index contributed by atoms with van der Waals surface area (Å²) in [7, 11) is 0. The molecule has 0 bridgehead atoms. The number of aromatic nitrogens is 2. The molecule has 1 saturated heterocycles. The highest BCUT2D eigenvalue weighted by Crippen LogP contribution is 2.38. The number of benzene rings is 1. The Morgan fingerprint density at radius 1 is 1.23 bits per heavy atom. The van der Waals surface area contributed by atoms with Gasteiger partial charge in [0.1, 0.15) is 0 Å². The van der Waals surface area contributed by atoms with Gasteiger partial charge in [-0.05, 0) is 31.4 Å². The maximum atomic E-state index is 12.4. The van der Waals surface area contributed by atoms with E-state index in [0.29, 0.717) is 24.7 Å². The van der Waals surface area contributed by atoms with Gasteiger partial charge in [-0.15, -0.1) is 0 Å². The van der Waals surface area contributed by atoms with Crippen LogP contribution < -0.4 is 10.2 Å². The molecule has 1 aromatic heterocycles. The highest BCUT2D eigenvalue weighted by Gasteiger charge is 2.29. The van der Waals surface area contributed by atoms with Gasteiger partial charge in [0.2, 0.25) is 5.89 Å². The first-order valence-corrected chi connectivity index (χ1v) is 9.36. The van der Waals surface area contributed by atoms with Gasteiger partial charge >= 0.3 is 6.03 Å². The number of nitrogens with zero attached hydrogens (tertiary/aromatic N) is 4. The zero-order valence-electron chi connectivity index (χ0n) is 15.1. The molecule has 1 aliphatic carbocycles. The molecule has 4 rings (SSSR count). The number of aryl methyl sites for hydroxylation is 1. The normalized spacial score (nSPS) is 17.4. The van der Waals surface area contributed by atoms with Crippen LogP contribution in [0.1, 0.15) is 36.0 Å². The minimum absolute atomic E-state index is 0.0136. The van der Waals surface area contributed by atoms with Crippen LogP contribution in [-0.4, -0.2) is 53.8 Å². The third-order valence-corrected chi connectivity index (χ3v) is 5.06. The van der Waals surface area contributed by atoms with Crippen LogP contribution in [0.4, 0.5) is 10.5 Å². The van der Waals surface area contributed by atoms with Crippen molar-refractivity contribution < 1.29 is 9.32 Å². The molecular weight excluding hydrogens is 330 g/mol. The van der Waals surface area contributed by atoms with Gasteiger partial charge < -0.3 is 19.6 Å². The lowest BCUT2D eigenvalue weighted by atomic mass is 10.1. The SMILES string of the molecule is Cc1ccccc1N1CCN(C(=O)NCCc2noc(C3CC3)n2)CC1. The fourth-order valence-corrected chi connectivity index (χ4v) is 3.33. The molecule has 2 amide bonds. The van der Waals surface area contributed by atoms with Crippen molar-refractivity contribution in [2.45, 2.75) is 32.1 Å². The van der Waals surface area contributed by atoms with Crippen molar-refractivity contribution in [3.8, 4) is 0 Å². The minimum Gasteiger partial charge on any atom is -0.368 e. The Labute approximate surface area is 153 Å². The Bertz CT molecular complexity index is 763. The highest BCUT2D eigenvalue weighted by atomic mass is 16.5. The van der Waals surface area contributed by atoms with Crippen LogP contribution in [-0.2, 0) is 6.42 Å². The zero-order chi connectivity index (χ0) is 17.9. The molecule has 2 aliphatic rings. The molecular formula is C19H25N5O2. The van der Waals surface area contributed by atoms with Crippen LogP contribution in [0.5, 0.6) is 0 Å². The Balaban J connectivity index is 1.21. The molecule has 0 unspecified atom stereocenters. The predicted molar refractivity (Wildman–Crippen MR) is 98.3 cm³/mol. The molecule has 2 aromatic rings. The molecule has 26 heavy (non-hydrogen) atoms. The molecule has 1 saturated carbocycles. The molecule has 1 aromatic carbocycles. The summed E-state index contributed by atoms with van der Waals surface area (Å²) < 4.78 is 5.24. The van der Waals surface area contributed by atoms with Crippen LogP contribution in [0.2, 0.25) is 0 Å². The fourth-order valence-electron chi connectivity index (χ4n) is 3.33. The first kappa shape index (κ1) is 16.9. The summed E-state index contributed by atoms with van der Waals surface area (Å²) in [6.45, 7) is 5.83. The molecule has 0 spiro atoms. The molecule has 7 nitrogen and oxygen atoms in total. The van der Waals surface area contributed by atoms with Gasteiger partial charge in [0.15, 0.2) is 5.82 Å². The topological polar surface area (TPSA) is 74.5 Å². The smallest absolute Gasteiger partial charge is 0.317 e. The van der Waals surface area contributed by atoms with E-state index in [1.807, 2.05) is 4.90 Å². The second-order valence-corrected chi connectivity index (χ2v) is 7.07. The molecule has 2 heterocycles. The van der Waals surface area contributed by atoms with Crippen molar-refractivity contribution in [2.24, 2.45) is 0 Å². The number of urea groups is 1. The number of anilines is 1. The van der Waals surface area contributed by atoms with E-state index in [1.54, 1.807) is 0 Å². The lowest BCUT2D eigenvalue weighted by Crippen LogP contribution is -2.52. The average molecular weight is 355 g/mol. The first-order valence-electron chi connectivity index (χ1n) is 9.36. The van der Waals surface area contributed by atoms with Crippen molar-refractivity contribution in [1.82, 2.24) is 20.4 Å².